The summed E-state index contributed by atoms with van der Waals surface area (Å²) in [6.45, 7) is 7.03. The van der Waals surface area contributed by atoms with Crippen molar-refractivity contribution in [3.63, 3.8) is 0 Å². The number of benzene rings is 2. The van der Waals surface area contributed by atoms with Crippen LogP contribution in [-0.2, 0) is 10.3 Å². The van der Waals surface area contributed by atoms with Crippen LogP contribution in [0.1, 0.15) is 19.4 Å². The van der Waals surface area contributed by atoms with Gasteiger partial charge in [-0.1, -0.05) is 48.5 Å². The second kappa shape index (κ2) is 8.57. The van der Waals surface area contributed by atoms with E-state index in [1.165, 1.54) is 5.56 Å². The van der Waals surface area contributed by atoms with Gasteiger partial charge in [-0.3, -0.25) is 0 Å². The van der Waals surface area contributed by atoms with E-state index in [1.807, 2.05) is 36.4 Å². The zero-order chi connectivity index (χ0) is 15.7. The molecule has 0 amide bonds. The highest BCUT2D eigenvalue weighted by Crippen LogP contribution is 2.18. The smallest absolute Gasteiger partial charge is 0.119 e. The van der Waals surface area contributed by atoms with Crippen LogP contribution in [0.2, 0.25) is 0 Å². The molecule has 0 radical (unpaired) electrons. The fraction of sp³-hybridized carbons (Fsp3) is 0.368. The molecule has 118 valence electrons. The van der Waals surface area contributed by atoms with E-state index in [1.54, 1.807) is 0 Å². The van der Waals surface area contributed by atoms with Gasteiger partial charge < -0.3 is 14.8 Å². The highest BCUT2D eigenvalue weighted by Gasteiger charge is 2.18. The van der Waals surface area contributed by atoms with E-state index in [2.05, 4.69) is 43.4 Å². The first-order valence-electron chi connectivity index (χ1n) is 7.75. The lowest BCUT2D eigenvalue weighted by Gasteiger charge is -2.27. The minimum absolute atomic E-state index is 0.0504. The molecular weight excluding hydrogens is 274 g/mol. The molecule has 0 heterocycles. The van der Waals surface area contributed by atoms with Gasteiger partial charge in [0.2, 0.25) is 0 Å². The van der Waals surface area contributed by atoms with Crippen LogP contribution in [0.5, 0.6) is 5.75 Å². The van der Waals surface area contributed by atoms with Gasteiger partial charge in [0.25, 0.3) is 0 Å². The van der Waals surface area contributed by atoms with Gasteiger partial charge in [0, 0.05) is 12.1 Å². The summed E-state index contributed by atoms with van der Waals surface area (Å²) in [5.74, 6) is 0.884. The molecule has 0 aliphatic heterocycles. The molecule has 1 N–H and O–H groups in total. The molecule has 2 rings (SSSR count). The SMILES string of the molecule is CC(C)(NCCOCCOc1ccccc1)c1ccccc1. The number of para-hydroxylation sites is 1. The van der Waals surface area contributed by atoms with Crippen molar-refractivity contribution < 1.29 is 9.47 Å². The van der Waals surface area contributed by atoms with E-state index in [4.69, 9.17) is 9.47 Å². The summed E-state index contributed by atoms with van der Waals surface area (Å²) in [7, 11) is 0. The Bertz CT molecular complexity index is 526. The Labute approximate surface area is 133 Å². The third-order valence-electron chi connectivity index (χ3n) is 3.55. The van der Waals surface area contributed by atoms with E-state index in [0.717, 1.165) is 12.3 Å². The maximum Gasteiger partial charge on any atom is 0.119 e. The average Bonchev–Trinajstić information content (AvgIpc) is 2.56. The van der Waals surface area contributed by atoms with E-state index in [-0.39, 0.29) is 5.54 Å². The first kappa shape index (κ1) is 16.5. The minimum Gasteiger partial charge on any atom is -0.491 e. The van der Waals surface area contributed by atoms with Gasteiger partial charge in [0.15, 0.2) is 0 Å². The molecule has 0 fully saturated rings. The molecule has 0 saturated carbocycles. The minimum atomic E-state index is -0.0504. The van der Waals surface area contributed by atoms with Crippen molar-refractivity contribution in [3.8, 4) is 5.75 Å². The summed E-state index contributed by atoms with van der Waals surface area (Å²) in [6.07, 6.45) is 0. The maximum absolute atomic E-state index is 5.60. The first-order chi connectivity index (χ1) is 10.7. The molecule has 0 atom stereocenters. The largest absolute Gasteiger partial charge is 0.491 e. The van der Waals surface area contributed by atoms with Crippen molar-refractivity contribution in [2.24, 2.45) is 0 Å². The van der Waals surface area contributed by atoms with E-state index in [9.17, 15) is 0 Å². The van der Waals surface area contributed by atoms with Crippen molar-refractivity contribution in [3.05, 3.63) is 66.2 Å². The topological polar surface area (TPSA) is 30.5 Å². The molecule has 0 bridgehead atoms. The van der Waals surface area contributed by atoms with Crippen molar-refractivity contribution in [1.29, 1.82) is 0 Å². The Morgan fingerprint density at radius 2 is 1.45 bits per heavy atom. The number of nitrogens with one attached hydrogen (secondary N) is 1. The second-order valence-electron chi connectivity index (χ2n) is 5.69. The molecule has 0 saturated heterocycles. The van der Waals surface area contributed by atoms with Crippen LogP contribution in [0.4, 0.5) is 0 Å². The Balaban J connectivity index is 1.57. The predicted octanol–water partition coefficient (Wildman–Crippen LogP) is 3.61. The zero-order valence-electron chi connectivity index (χ0n) is 13.4. The Kier molecular flexibility index (Phi) is 6.44. The molecule has 22 heavy (non-hydrogen) atoms. The van der Waals surface area contributed by atoms with Crippen LogP contribution in [0.25, 0.3) is 0 Å². The standard InChI is InChI=1S/C19H25NO2/c1-19(2,17-9-5-3-6-10-17)20-13-14-21-15-16-22-18-11-7-4-8-12-18/h3-12,20H,13-16H2,1-2H3. The lowest BCUT2D eigenvalue weighted by Crippen LogP contribution is -2.38. The highest BCUT2D eigenvalue weighted by atomic mass is 16.5. The summed E-state index contributed by atoms with van der Waals surface area (Å²) in [5, 5.41) is 3.52. The number of rotatable bonds is 9. The average molecular weight is 299 g/mol. The third-order valence-corrected chi connectivity index (χ3v) is 3.55. The van der Waals surface area contributed by atoms with Crippen LogP contribution in [0.15, 0.2) is 60.7 Å². The van der Waals surface area contributed by atoms with Crippen LogP contribution in [0.3, 0.4) is 0 Å². The lowest BCUT2D eigenvalue weighted by molar-refractivity contribution is 0.0978. The van der Waals surface area contributed by atoms with Crippen molar-refractivity contribution >= 4 is 0 Å². The summed E-state index contributed by atoms with van der Waals surface area (Å²) in [5.41, 5.74) is 1.23. The van der Waals surface area contributed by atoms with Crippen molar-refractivity contribution in [1.82, 2.24) is 5.32 Å². The van der Waals surface area contributed by atoms with Gasteiger partial charge in [-0.2, -0.15) is 0 Å². The Hall–Kier alpha value is -1.84. The van der Waals surface area contributed by atoms with E-state index >= 15 is 0 Å². The van der Waals surface area contributed by atoms with Gasteiger partial charge >= 0.3 is 0 Å². The molecule has 3 nitrogen and oxygen atoms in total. The normalized spacial score (nSPS) is 11.4. The quantitative estimate of drug-likeness (QED) is 0.718. The molecule has 2 aromatic carbocycles. The molecule has 0 aliphatic carbocycles. The van der Waals surface area contributed by atoms with Crippen LogP contribution in [-0.4, -0.2) is 26.4 Å². The molecular formula is C19H25NO2. The highest BCUT2D eigenvalue weighted by molar-refractivity contribution is 5.22. The maximum atomic E-state index is 5.60. The summed E-state index contributed by atoms with van der Waals surface area (Å²) in [4.78, 5) is 0. The number of ether oxygens (including phenoxy) is 2. The van der Waals surface area contributed by atoms with Crippen LogP contribution >= 0.6 is 0 Å². The Morgan fingerprint density at radius 3 is 2.14 bits per heavy atom. The molecule has 0 unspecified atom stereocenters. The monoisotopic (exact) mass is 299 g/mol. The number of hydrogen-bond donors (Lipinski definition) is 1. The third kappa shape index (κ3) is 5.51. The molecule has 0 aromatic heterocycles. The van der Waals surface area contributed by atoms with Crippen molar-refractivity contribution in [2.45, 2.75) is 19.4 Å². The fourth-order valence-electron chi connectivity index (χ4n) is 2.23. The van der Waals surface area contributed by atoms with Crippen LogP contribution < -0.4 is 10.1 Å². The molecule has 0 spiro atoms. The molecule has 0 aliphatic rings. The van der Waals surface area contributed by atoms with Crippen molar-refractivity contribution in [2.75, 3.05) is 26.4 Å². The molecule has 2 aromatic rings. The fourth-order valence-corrected chi connectivity index (χ4v) is 2.23. The number of hydrogen-bond acceptors (Lipinski definition) is 3. The lowest BCUT2D eigenvalue weighted by atomic mass is 9.94. The van der Waals surface area contributed by atoms with Gasteiger partial charge in [0.05, 0.1) is 13.2 Å². The molecule has 3 heteroatoms. The first-order valence-corrected chi connectivity index (χ1v) is 7.75. The van der Waals surface area contributed by atoms with Gasteiger partial charge in [-0.25, -0.2) is 0 Å². The summed E-state index contributed by atoms with van der Waals surface area (Å²) >= 11 is 0. The summed E-state index contributed by atoms with van der Waals surface area (Å²) in [6, 6.07) is 20.2. The van der Waals surface area contributed by atoms with Gasteiger partial charge in [0.1, 0.15) is 12.4 Å². The predicted molar refractivity (Wildman–Crippen MR) is 90.2 cm³/mol. The zero-order valence-corrected chi connectivity index (χ0v) is 13.4. The van der Waals surface area contributed by atoms with Gasteiger partial charge in [-0.05, 0) is 31.5 Å². The van der Waals surface area contributed by atoms with Gasteiger partial charge in [-0.15, -0.1) is 0 Å². The van der Waals surface area contributed by atoms with E-state index in [0.29, 0.717) is 19.8 Å². The summed E-state index contributed by atoms with van der Waals surface area (Å²) < 4.78 is 11.2. The van der Waals surface area contributed by atoms with Crippen LogP contribution in [0, 0.1) is 0 Å². The second-order valence-corrected chi connectivity index (χ2v) is 5.69. The Morgan fingerprint density at radius 1 is 0.818 bits per heavy atom. The van der Waals surface area contributed by atoms with E-state index < -0.39 is 0 Å².